The third-order valence-electron chi connectivity index (χ3n) is 34.0. The van der Waals surface area contributed by atoms with Crippen molar-refractivity contribution in [2.24, 2.45) is 71.0 Å². The summed E-state index contributed by atoms with van der Waals surface area (Å²) in [5.41, 5.74) is 3.83. The number of carbonyl (C=O) groups is 16. The van der Waals surface area contributed by atoms with E-state index in [9.17, 15) is 93.5 Å². The first-order valence-corrected chi connectivity index (χ1v) is 59.1. The number of aromatic nitrogens is 4. The van der Waals surface area contributed by atoms with Crippen LogP contribution in [-0.4, -0.2) is 243 Å². The molecule has 4 saturated heterocycles. The number of hydrogen-bond acceptors (Lipinski definition) is 22. The van der Waals surface area contributed by atoms with Crippen LogP contribution in [0.4, 0.5) is 0 Å². The van der Waals surface area contributed by atoms with Gasteiger partial charge in [-0.2, -0.15) is 8.42 Å². The number of rotatable bonds is 32. The number of H-pyrrole nitrogens is 4. The van der Waals surface area contributed by atoms with Crippen molar-refractivity contribution in [1.82, 2.24) is 60.8 Å². The molecule has 8 N–H and O–H groups in total. The zero-order valence-electron chi connectivity index (χ0n) is 85.5. The van der Waals surface area contributed by atoms with Crippen molar-refractivity contribution in [3.8, 4) is 5.75 Å². The molecule has 8 aromatic rings. The highest BCUT2D eigenvalue weighted by Crippen LogP contribution is 2.49. The Kier molecular flexibility index (Phi) is 34.1. The average Bonchev–Trinajstić information content (AvgIpc) is 1.61. The topological polar surface area (TPSA) is 475 Å². The lowest BCUT2D eigenvalue weighted by Crippen LogP contribution is -2.53. The number of likely N-dealkylation sites (tertiary alicyclic amines) is 4. The van der Waals surface area contributed by atoms with Gasteiger partial charge in [-0.05, 0) is 255 Å². The van der Waals surface area contributed by atoms with Gasteiger partial charge in [-0.3, -0.25) is 76.7 Å². The molecule has 4 aromatic carbocycles. The van der Waals surface area contributed by atoms with Crippen LogP contribution in [0.25, 0.3) is 43.6 Å². The molecule has 0 spiro atoms. The van der Waals surface area contributed by atoms with Crippen molar-refractivity contribution >= 4 is 192 Å². The van der Waals surface area contributed by atoms with E-state index in [0.717, 1.165) is 157 Å². The Morgan fingerprint density at radius 2 is 0.678 bits per heavy atom. The van der Waals surface area contributed by atoms with E-state index in [1.54, 1.807) is 114 Å². The number of aromatic amines is 4. The molecule has 4 aromatic heterocycles. The molecule has 20 atom stereocenters. The van der Waals surface area contributed by atoms with E-state index < -0.39 is 68.3 Å². The number of hydrogen-bond donors (Lipinski definition) is 8. The number of fused-ring (bicyclic) bond motifs is 8. The van der Waals surface area contributed by atoms with Crippen molar-refractivity contribution in [3.05, 3.63) is 124 Å². The number of nitrogens with zero attached hydrogens (tertiary/aromatic N) is 4. The van der Waals surface area contributed by atoms with Gasteiger partial charge in [0.2, 0.25) is 23.6 Å². The van der Waals surface area contributed by atoms with Gasteiger partial charge in [-0.25, -0.2) is 8.42 Å². The second-order valence-corrected chi connectivity index (χ2v) is 48.4. The Morgan fingerprint density at radius 1 is 0.376 bits per heavy atom. The highest BCUT2D eigenvalue weighted by Gasteiger charge is 2.56. The second kappa shape index (κ2) is 46.5. The number of sulfone groups is 1. The average molecular weight is 2140 g/mol. The summed E-state index contributed by atoms with van der Waals surface area (Å²) in [6, 6.07) is 20.1. The van der Waals surface area contributed by atoms with Crippen molar-refractivity contribution < 1.29 is 97.7 Å². The second-order valence-electron chi connectivity index (χ2n) is 43.2. The Bertz CT molecular complexity index is 6790. The SMILES string of the molecule is CCC(=O)C(CC1CCCC1=O)NC(=O)C1C2CCCC2CN1C(=O)c1cc2c(Cl)ccc(Cl)c2[nH]1.CCC(=O)C(CC1CCCC1=O)NC(=O)C1C2CCCC2CN1C(=O)c1cc2c(OS(C)(=O)=O)cccc2[nH]1.CCC(=O)C(CC1CCCC1=O)NC(=O)C1C2CCCC2CN1C(=O)c1cc2c(S(C)(=O)=O)cccc2[nH]1.CCC(=O)C(CC1CCCC1=O)NC(=O)C1C2CCCC2CN1C(=O)c1cc2c(SC)cccc2[nH]1. The lowest BCUT2D eigenvalue weighted by Gasteiger charge is -2.29. The normalized spacial score (nSPS) is 26.1. The van der Waals surface area contributed by atoms with E-state index in [1.807, 2.05) is 30.5 Å². The molecule has 12 aliphatic rings. The van der Waals surface area contributed by atoms with E-state index in [0.29, 0.717) is 144 Å². The molecule has 20 rings (SSSR count). The van der Waals surface area contributed by atoms with Gasteiger partial charge in [0.25, 0.3) is 23.6 Å². The summed E-state index contributed by atoms with van der Waals surface area (Å²) >= 11 is 14.3. The fourth-order valence-corrected chi connectivity index (χ4v) is 28.9. The molecule has 33 nitrogen and oxygen atoms in total. The number of halogens is 2. The van der Waals surface area contributed by atoms with E-state index >= 15 is 0 Å². The summed E-state index contributed by atoms with van der Waals surface area (Å²) in [6.45, 7) is 8.95. The summed E-state index contributed by atoms with van der Waals surface area (Å²) in [5, 5.41) is 15.3. The minimum Gasteiger partial charge on any atom is -0.382 e. The molecule has 20 unspecified atom stereocenters. The van der Waals surface area contributed by atoms with Crippen LogP contribution in [0.5, 0.6) is 5.75 Å². The van der Waals surface area contributed by atoms with Gasteiger partial charge >= 0.3 is 10.1 Å². The standard InChI is InChI=1S/C28H35N3O7S.C28H35N3O6S.C28H35N3O4S.C27H31Cl2N3O4/c1-3-23(32)21(13-16-7-5-11-24(16)33)30-27(34)26-18-9-4-8-17(18)15-31(26)28(35)22-14-19-20(29-22)10-6-12-25(19)38-39(2,36)37;1-3-23(32)21(13-16-7-5-11-24(16)33)30-27(34)26-18-9-4-8-17(18)15-31(26)28(35)22-14-19-20(29-22)10-6-12-25(19)38(2,36)37;1-3-23(32)21(13-16-7-5-11-24(16)33)30-27(34)26-18-9-4-8-17(18)15-31(26)28(35)22-14-19-20(29-22)10-6-12-25(19)36-2;1-2-22(33)20(11-14-5-4-8-23(14)34)31-26(35)25-16-7-3-6-15(16)13-32(25)27(36)21-12-17-18(28)9-10-19(29)24(17)30-21/h6,10,12,14,16-18,21,26,29H,3-5,7-9,11,13,15H2,1-2H3,(H,30,34);6,10,12,14,16-18,21,26,29H,3-5,7-9,11,13,15H2,1-2H3,(H,30,34);6,10,12,14,16-18,21,26,29H,3-5,7-9,11,13,15H2,1-2H3,(H,30,34);9-10,12,14-16,20,25,30H,2-8,11,13H2,1H3,(H,31,35). The Balaban J connectivity index is 0.000000135. The van der Waals surface area contributed by atoms with Gasteiger partial charge in [-0.15, -0.1) is 11.8 Å². The lowest BCUT2D eigenvalue weighted by molar-refractivity contribution is -0.131. The fraction of sp³-hybridized carbons (Fsp3) is 0.568. The molecule has 8 aliphatic carbocycles. The molecule has 8 saturated carbocycles. The van der Waals surface area contributed by atoms with Gasteiger partial charge in [0.15, 0.2) is 38.7 Å². The van der Waals surface area contributed by atoms with Crippen LogP contribution < -0.4 is 25.5 Å². The van der Waals surface area contributed by atoms with Crippen LogP contribution in [0.1, 0.15) is 275 Å². The minimum absolute atomic E-state index is 0.000370. The van der Waals surface area contributed by atoms with Crippen LogP contribution in [-0.2, 0) is 77.5 Å². The van der Waals surface area contributed by atoms with Gasteiger partial charge < -0.3 is 65.0 Å². The maximum atomic E-state index is 13.8. The predicted molar refractivity (Wildman–Crippen MR) is 563 cm³/mol. The van der Waals surface area contributed by atoms with Crippen LogP contribution in [0.3, 0.4) is 0 Å². The Labute approximate surface area is 881 Å². The molecular formula is C111H136Cl2N12O21S3. The maximum absolute atomic E-state index is 13.8. The third-order valence-corrected chi connectivity index (χ3v) is 37.1. The monoisotopic (exact) mass is 2140 g/mol. The summed E-state index contributed by atoms with van der Waals surface area (Å²) in [5.74, 6) is -1.74. The number of ketones is 8. The predicted octanol–water partition coefficient (Wildman–Crippen LogP) is 15.3. The number of amides is 8. The maximum Gasteiger partial charge on any atom is 0.306 e. The lowest BCUT2D eigenvalue weighted by atomic mass is 9.91. The highest BCUT2D eigenvalue weighted by molar-refractivity contribution is 7.98. The molecular weight excluding hydrogens is 2000 g/mol. The van der Waals surface area contributed by atoms with Crippen molar-refractivity contribution in [2.75, 3.05) is 44.9 Å². The van der Waals surface area contributed by atoms with Crippen molar-refractivity contribution in [2.45, 2.75) is 291 Å². The van der Waals surface area contributed by atoms with E-state index in [-0.39, 0.29) is 200 Å². The van der Waals surface area contributed by atoms with E-state index in [2.05, 4.69) is 41.2 Å². The molecule has 149 heavy (non-hydrogen) atoms. The molecule has 12 fully saturated rings. The molecule has 38 heteroatoms. The first-order valence-electron chi connectivity index (χ1n) is 53.4. The quantitative estimate of drug-likeness (QED) is 0.0143. The van der Waals surface area contributed by atoms with Crippen LogP contribution >= 0.6 is 35.0 Å². The van der Waals surface area contributed by atoms with E-state index in [4.69, 9.17) is 27.4 Å². The van der Waals surface area contributed by atoms with Gasteiger partial charge in [0.1, 0.15) is 70.1 Å². The zero-order chi connectivity index (χ0) is 106. The summed E-state index contributed by atoms with van der Waals surface area (Å²) in [6.07, 6.45) is 26.2. The first-order chi connectivity index (χ1) is 71.3. The third kappa shape index (κ3) is 23.6. The van der Waals surface area contributed by atoms with Crippen LogP contribution in [0.2, 0.25) is 10.0 Å². The van der Waals surface area contributed by atoms with Crippen LogP contribution in [0.15, 0.2) is 101 Å². The number of nitrogens with one attached hydrogen (secondary N) is 8. The van der Waals surface area contributed by atoms with Crippen molar-refractivity contribution in [1.29, 1.82) is 0 Å². The summed E-state index contributed by atoms with van der Waals surface area (Å²) in [7, 11) is -7.27. The zero-order valence-corrected chi connectivity index (χ0v) is 89.5. The minimum atomic E-state index is -3.77. The summed E-state index contributed by atoms with van der Waals surface area (Å²) < 4.78 is 53.1. The molecule has 798 valence electrons. The molecule has 4 aliphatic heterocycles. The fourth-order valence-electron chi connectivity index (χ4n) is 26.5. The van der Waals surface area contributed by atoms with E-state index in [1.165, 1.54) is 12.1 Å². The van der Waals surface area contributed by atoms with Crippen molar-refractivity contribution in [3.63, 3.8) is 0 Å². The molecule has 8 amide bonds. The van der Waals surface area contributed by atoms with Gasteiger partial charge in [-0.1, -0.05) is 94.8 Å². The Hall–Kier alpha value is -11.2. The number of benzene rings is 4. The number of carbonyl (C=O) groups excluding carboxylic acids is 16. The molecule has 8 heterocycles. The highest BCUT2D eigenvalue weighted by atomic mass is 35.5. The smallest absolute Gasteiger partial charge is 0.306 e. The summed E-state index contributed by atoms with van der Waals surface area (Å²) in [4.78, 5) is 230. The van der Waals surface area contributed by atoms with Crippen LogP contribution in [0, 0.1) is 71.0 Å². The Morgan fingerprint density at radius 3 is 0.993 bits per heavy atom. The number of Topliss-reactive ketones (excluding diaryl/α,β-unsaturated/α-hetero) is 8. The van der Waals surface area contributed by atoms with Gasteiger partial charge in [0.05, 0.1) is 50.9 Å². The first kappa shape index (κ1) is 109. The molecule has 0 radical (unpaired) electrons. The molecule has 0 bridgehead atoms. The number of thioether (sulfide) groups is 1. The largest absolute Gasteiger partial charge is 0.382 e. The van der Waals surface area contributed by atoms with Gasteiger partial charge in [0, 0.05) is 150 Å².